The predicted molar refractivity (Wildman–Crippen MR) is 58.5 cm³/mol. The number of nitrogens with two attached hydrogens (primary N) is 1. The number of phenolic OH excluding ortho intramolecular Hbond substituents is 1. The molecule has 3 nitrogen and oxygen atoms in total. The number of carbonyl (C=O) groups is 1. The minimum absolute atomic E-state index is 0.0584. The van der Waals surface area contributed by atoms with Crippen LogP contribution in [0.1, 0.15) is 22.8 Å². The van der Waals surface area contributed by atoms with E-state index < -0.39 is 17.6 Å². The van der Waals surface area contributed by atoms with Gasteiger partial charge in [0.1, 0.15) is 11.6 Å². The number of aromatic hydroxyl groups is 1. The second kappa shape index (κ2) is 4.28. The molecular formula is C10H11BrFNO2. The van der Waals surface area contributed by atoms with Gasteiger partial charge in [0.05, 0.1) is 16.1 Å². The van der Waals surface area contributed by atoms with Crippen molar-refractivity contribution >= 4 is 21.7 Å². The van der Waals surface area contributed by atoms with Crippen LogP contribution in [0.4, 0.5) is 4.39 Å². The fourth-order valence-corrected chi connectivity index (χ4v) is 1.63. The zero-order chi connectivity index (χ0) is 11.7. The van der Waals surface area contributed by atoms with E-state index in [0.29, 0.717) is 0 Å². The van der Waals surface area contributed by atoms with Gasteiger partial charge in [-0.25, -0.2) is 4.39 Å². The highest BCUT2D eigenvalue weighted by molar-refractivity contribution is 9.10. The first kappa shape index (κ1) is 12.1. The van der Waals surface area contributed by atoms with Crippen molar-refractivity contribution in [3.05, 3.63) is 27.5 Å². The Kier molecular flexibility index (Phi) is 3.46. The molecule has 1 aromatic rings. The number of Topliss-reactive ketones (excluding diaryl/α,β-unsaturated/α-hetero) is 1. The Bertz CT molecular complexity index is 392. The van der Waals surface area contributed by atoms with E-state index in [9.17, 15) is 14.3 Å². The lowest BCUT2D eigenvalue weighted by atomic mass is 9.99. The molecule has 0 bridgehead atoms. The van der Waals surface area contributed by atoms with E-state index in [4.69, 9.17) is 5.73 Å². The summed E-state index contributed by atoms with van der Waals surface area (Å²) in [4.78, 5) is 11.6. The van der Waals surface area contributed by atoms with Crippen LogP contribution in [0.5, 0.6) is 5.75 Å². The quantitative estimate of drug-likeness (QED) is 0.813. The number of phenols is 1. The van der Waals surface area contributed by atoms with Gasteiger partial charge in [-0.15, -0.1) is 0 Å². The number of ketones is 1. The topological polar surface area (TPSA) is 63.3 Å². The molecule has 0 radical (unpaired) electrons. The molecule has 0 fully saturated rings. The lowest BCUT2D eigenvalue weighted by Crippen LogP contribution is -2.27. The first-order valence-electron chi connectivity index (χ1n) is 4.33. The maximum atomic E-state index is 13.3. The molecule has 0 amide bonds. The van der Waals surface area contributed by atoms with Crippen LogP contribution < -0.4 is 5.73 Å². The zero-order valence-corrected chi connectivity index (χ0v) is 9.93. The van der Waals surface area contributed by atoms with Crippen LogP contribution in [-0.2, 0) is 0 Å². The Morgan fingerprint density at radius 1 is 1.67 bits per heavy atom. The smallest absolute Gasteiger partial charge is 0.183 e. The van der Waals surface area contributed by atoms with Crippen molar-refractivity contribution < 1.29 is 14.3 Å². The summed E-state index contributed by atoms with van der Waals surface area (Å²) in [5.74, 6) is -1.30. The third kappa shape index (κ3) is 2.18. The molecule has 0 spiro atoms. The second-order valence-electron chi connectivity index (χ2n) is 3.34. The molecule has 0 aliphatic rings. The second-order valence-corrected chi connectivity index (χ2v) is 4.20. The highest BCUT2D eigenvalue weighted by Gasteiger charge is 2.22. The summed E-state index contributed by atoms with van der Waals surface area (Å²) in [5, 5.41) is 9.63. The molecule has 15 heavy (non-hydrogen) atoms. The molecule has 0 saturated carbocycles. The van der Waals surface area contributed by atoms with E-state index >= 15 is 0 Å². The number of hydrogen-bond donors (Lipinski definition) is 2. The van der Waals surface area contributed by atoms with Crippen LogP contribution in [-0.4, -0.2) is 16.9 Å². The van der Waals surface area contributed by atoms with Crippen molar-refractivity contribution in [2.45, 2.75) is 19.9 Å². The van der Waals surface area contributed by atoms with E-state index in [1.54, 1.807) is 0 Å². The van der Waals surface area contributed by atoms with Gasteiger partial charge in [-0.2, -0.15) is 0 Å². The number of halogens is 2. The highest BCUT2D eigenvalue weighted by atomic mass is 79.9. The maximum Gasteiger partial charge on any atom is 0.183 e. The molecule has 0 aliphatic heterocycles. The average Bonchev–Trinajstić information content (AvgIpc) is 2.15. The van der Waals surface area contributed by atoms with Crippen LogP contribution in [0, 0.1) is 12.7 Å². The van der Waals surface area contributed by atoms with Gasteiger partial charge >= 0.3 is 0 Å². The predicted octanol–water partition coefficient (Wildman–Crippen LogP) is 2.13. The lowest BCUT2D eigenvalue weighted by Gasteiger charge is -2.11. The summed E-state index contributed by atoms with van der Waals surface area (Å²) in [7, 11) is 0. The number of benzene rings is 1. The average molecular weight is 276 g/mol. The molecular weight excluding hydrogens is 265 g/mol. The van der Waals surface area contributed by atoms with Gasteiger partial charge in [0.25, 0.3) is 0 Å². The Balaban J connectivity index is 3.46. The van der Waals surface area contributed by atoms with Gasteiger partial charge in [0, 0.05) is 0 Å². The summed E-state index contributed by atoms with van der Waals surface area (Å²) in [6.07, 6.45) is 0. The Labute approximate surface area is 95.2 Å². The van der Waals surface area contributed by atoms with Gasteiger partial charge in [-0.1, -0.05) is 0 Å². The highest BCUT2D eigenvalue weighted by Crippen LogP contribution is 2.32. The summed E-state index contributed by atoms with van der Waals surface area (Å²) in [6.45, 7) is 2.91. The summed E-state index contributed by atoms with van der Waals surface area (Å²) in [6, 6.07) is 0.339. The van der Waals surface area contributed by atoms with Gasteiger partial charge < -0.3 is 10.8 Å². The van der Waals surface area contributed by atoms with Crippen molar-refractivity contribution in [2.24, 2.45) is 5.73 Å². The van der Waals surface area contributed by atoms with E-state index in [0.717, 1.165) is 6.07 Å². The van der Waals surface area contributed by atoms with Gasteiger partial charge in [-0.3, -0.25) is 4.79 Å². The summed E-state index contributed by atoms with van der Waals surface area (Å²) >= 11 is 2.97. The molecule has 1 aromatic carbocycles. The lowest BCUT2D eigenvalue weighted by molar-refractivity contribution is 0.0964. The van der Waals surface area contributed by atoms with Gasteiger partial charge in [0.2, 0.25) is 0 Å². The first-order valence-corrected chi connectivity index (χ1v) is 5.13. The standard InChI is InChI=1S/C10H11BrFNO2/c1-4-7(12)3-6(11)10(15)8(4)9(14)5(2)13/h3,5,15H,13H2,1-2H3. The normalized spacial score (nSPS) is 12.6. The van der Waals surface area contributed by atoms with E-state index in [1.165, 1.54) is 13.8 Å². The van der Waals surface area contributed by atoms with Crippen LogP contribution in [0.3, 0.4) is 0 Å². The fraction of sp³-hybridized carbons (Fsp3) is 0.300. The molecule has 5 heteroatoms. The third-order valence-electron chi connectivity index (χ3n) is 2.11. The van der Waals surface area contributed by atoms with E-state index in [2.05, 4.69) is 15.9 Å². The monoisotopic (exact) mass is 275 g/mol. The SMILES string of the molecule is Cc1c(F)cc(Br)c(O)c1C(=O)C(C)N. The fourth-order valence-electron chi connectivity index (χ4n) is 1.23. The van der Waals surface area contributed by atoms with Crippen molar-refractivity contribution in [2.75, 3.05) is 0 Å². The first-order chi connectivity index (χ1) is 6.86. The Morgan fingerprint density at radius 2 is 2.20 bits per heavy atom. The summed E-state index contributed by atoms with van der Waals surface area (Å²) < 4.78 is 13.5. The van der Waals surface area contributed by atoms with Gasteiger partial charge in [-0.05, 0) is 41.4 Å². The molecule has 0 heterocycles. The largest absolute Gasteiger partial charge is 0.506 e. The molecule has 1 atom stereocenters. The number of hydrogen-bond acceptors (Lipinski definition) is 3. The zero-order valence-electron chi connectivity index (χ0n) is 8.34. The molecule has 0 saturated heterocycles. The van der Waals surface area contributed by atoms with Crippen molar-refractivity contribution in [1.82, 2.24) is 0 Å². The van der Waals surface area contributed by atoms with Crippen LogP contribution in [0.15, 0.2) is 10.5 Å². The van der Waals surface area contributed by atoms with E-state index in [-0.39, 0.29) is 21.3 Å². The number of rotatable bonds is 2. The minimum Gasteiger partial charge on any atom is -0.506 e. The number of carbonyl (C=O) groups excluding carboxylic acids is 1. The molecule has 1 rings (SSSR count). The van der Waals surface area contributed by atoms with Gasteiger partial charge in [0.15, 0.2) is 5.78 Å². The van der Waals surface area contributed by atoms with Crippen LogP contribution in [0.2, 0.25) is 0 Å². The van der Waals surface area contributed by atoms with Crippen molar-refractivity contribution in [1.29, 1.82) is 0 Å². The van der Waals surface area contributed by atoms with Crippen molar-refractivity contribution in [3.8, 4) is 5.75 Å². The van der Waals surface area contributed by atoms with E-state index in [1.807, 2.05) is 0 Å². The third-order valence-corrected chi connectivity index (χ3v) is 2.71. The molecule has 1 unspecified atom stereocenters. The van der Waals surface area contributed by atoms with Crippen LogP contribution in [0.25, 0.3) is 0 Å². The molecule has 0 aliphatic carbocycles. The molecule has 0 aromatic heterocycles. The minimum atomic E-state index is -0.775. The van der Waals surface area contributed by atoms with Crippen molar-refractivity contribution in [3.63, 3.8) is 0 Å². The Morgan fingerprint density at radius 3 is 2.67 bits per heavy atom. The Hall–Kier alpha value is -0.940. The summed E-state index contributed by atoms with van der Waals surface area (Å²) in [5.41, 5.74) is 5.46. The molecule has 3 N–H and O–H groups in total. The molecule has 82 valence electrons. The van der Waals surface area contributed by atoms with Crippen LogP contribution >= 0.6 is 15.9 Å². The maximum absolute atomic E-state index is 13.3.